The first-order valence-corrected chi connectivity index (χ1v) is 7.30. The molecule has 3 nitrogen and oxygen atoms in total. The number of aromatic nitrogens is 2. The van der Waals surface area contributed by atoms with Crippen LogP contribution >= 0.6 is 15.9 Å². The average molecular weight is 323 g/mol. The highest BCUT2D eigenvalue weighted by Crippen LogP contribution is 2.18. The normalized spacial score (nSPS) is 12.6. The zero-order chi connectivity index (χ0) is 13.7. The molecule has 1 N–H and O–H groups in total. The predicted octanol–water partition coefficient (Wildman–Crippen LogP) is 2.97. The Hall–Kier alpha value is -1.13. The van der Waals surface area contributed by atoms with Crippen LogP contribution in [0.4, 0.5) is 0 Å². The summed E-state index contributed by atoms with van der Waals surface area (Å²) in [5, 5.41) is 13.7. The topological polar surface area (TPSA) is 38.0 Å². The molecule has 0 bridgehead atoms. The Kier molecular flexibility index (Phi) is 5.16. The van der Waals surface area contributed by atoms with E-state index in [1.807, 2.05) is 36.1 Å². The van der Waals surface area contributed by atoms with Crippen molar-refractivity contribution in [3.05, 3.63) is 52.3 Å². The van der Waals surface area contributed by atoms with E-state index in [-0.39, 0.29) is 6.61 Å². The van der Waals surface area contributed by atoms with Crippen LogP contribution in [0.15, 0.2) is 41.0 Å². The van der Waals surface area contributed by atoms with Crippen molar-refractivity contribution in [3.63, 3.8) is 0 Å². The standard InChI is InChI=1S/C15H19BrN2O/c1-18-15(7-8-17-18)6-5-13(11-19)9-12-3-2-4-14(16)10-12/h2-4,7-8,10,13,19H,5-6,9,11H2,1H3. The number of hydrogen-bond donors (Lipinski definition) is 1. The summed E-state index contributed by atoms with van der Waals surface area (Å²) in [4.78, 5) is 0. The zero-order valence-corrected chi connectivity index (χ0v) is 12.7. The summed E-state index contributed by atoms with van der Waals surface area (Å²) in [6.45, 7) is 0.227. The van der Waals surface area contributed by atoms with Crippen LogP contribution in [0.2, 0.25) is 0 Å². The van der Waals surface area contributed by atoms with Gasteiger partial charge >= 0.3 is 0 Å². The molecule has 102 valence electrons. The van der Waals surface area contributed by atoms with Gasteiger partial charge in [-0.1, -0.05) is 28.1 Å². The highest BCUT2D eigenvalue weighted by Gasteiger charge is 2.10. The van der Waals surface area contributed by atoms with Crippen LogP contribution in [-0.4, -0.2) is 21.5 Å². The maximum absolute atomic E-state index is 9.52. The minimum absolute atomic E-state index is 0.227. The Morgan fingerprint density at radius 1 is 1.37 bits per heavy atom. The van der Waals surface area contributed by atoms with Gasteiger partial charge in [0.05, 0.1) is 0 Å². The molecule has 0 radical (unpaired) electrons. The van der Waals surface area contributed by atoms with Crippen molar-refractivity contribution in [1.82, 2.24) is 9.78 Å². The van der Waals surface area contributed by atoms with Gasteiger partial charge < -0.3 is 5.11 Å². The highest BCUT2D eigenvalue weighted by molar-refractivity contribution is 9.10. The van der Waals surface area contributed by atoms with Gasteiger partial charge in [0.1, 0.15) is 0 Å². The fourth-order valence-electron chi connectivity index (χ4n) is 2.25. The lowest BCUT2D eigenvalue weighted by Gasteiger charge is -2.14. The SMILES string of the molecule is Cn1nccc1CCC(CO)Cc1cccc(Br)c1. The van der Waals surface area contributed by atoms with E-state index < -0.39 is 0 Å². The Morgan fingerprint density at radius 2 is 2.21 bits per heavy atom. The molecule has 19 heavy (non-hydrogen) atoms. The quantitative estimate of drug-likeness (QED) is 0.887. The number of aliphatic hydroxyl groups excluding tert-OH is 1. The van der Waals surface area contributed by atoms with Crippen LogP contribution in [0.25, 0.3) is 0 Å². The Labute approximate surface area is 122 Å². The van der Waals surface area contributed by atoms with E-state index in [0.717, 1.165) is 23.7 Å². The van der Waals surface area contributed by atoms with Gasteiger partial charge in [0.15, 0.2) is 0 Å². The highest BCUT2D eigenvalue weighted by atomic mass is 79.9. The molecule has 1 aromatic carbocycles. The van der Waals surface area contributed by atoms with Crippen LogP contribution < -0.4 is 0 Å². The lowest BCUT2D eigenvalue weighted by atomic mass is 9.95. The first-order chi connectivity index (χ1) is 9.19. The molecule has 0 fully saturated rings. The molecule has 0 aliphatic rings. The molecular weight excluding hydrogens is 304 g/mol. The summed E-state index contributed by atoms with van der Waals surface area (Å²) in [5.41, 5.74) is 2.48. The second kappa shape index (κ2) is 6.87. The third-order valence-electron chi connectivity index (χ3n) is 3.40. The largest absolute Gasteiger partial charge is 0.396 e. The van der Waals surface area contributed by atoms with E-state index in [1.165, 1.54) is 11.3 Å². The number of aryl methyl sites for hydroxylation is 2. The number of hydrogen-bond acceptors (Lipinski definition) is 2. The molecule has 0 amide bonds. The van der Waals surface area contributed by atoms with Crippen molar-refractivity contribution in [2.24, 2.45) is 13.0 Å². The summed E-state index contributed by atoms with van der Waals surface area (Å²) in [6.07, 6.45) is 4.66. The predicted molar refractivity (Wildman–Crippen MR) is 80.0 cm³/mol. The molecule has 4 heteroatoms. The van der Waals surface area contributed by atoms with Gasteiger partial charge in [0, 0.05) is 30.0 Å². The molecule has 1 aromatic heterocycles. The number of rotatable bonds is 6. The zero-order valence-electron chi connectivity index (χ0n) is 11.1. The average Bonchev–Trinajstić information content (AvgIpc) is 2.80. The van der Waals surface area contributed by atoms with Gasteiger partial charge in [-0.3, -0.25) is 4.68 Å². The van der Waals surface area contributed by atoms with Crippen LogP contribution in [0.1, 0.15) is 17.7 Å². The van der Waals surface area contributed by atoms with Crippen molar-refractivity contribution in [1.29, 1.82) is 0 Å². The maximum Gasteiger partial charge on any atom is 0.0492 e. The fourth-order valence-corrected chi connectivity index (χ4v) is 2.70. The van der Waals surface area contributed by atoms with Gasteiger partial charge in [-0.05, 0) is 48.9 Å². The number of benzene rings is 1. The Bertz CT molecular complexity index is 524. The van der Waals surface area contributed by atoms with Crippen molar-refractivity contribution >= 4 is 15.9 Å². The minimum Gasteiger partial charge on any atom is -0.396 e. The number of nitrogens with zero attached hydrogens (tertiary/aromatic N) is 2. The second-order valence-corrected chi connectivity index (χ2v) is 5.78. The van der Waals surface area contributed by atoms with Crippen LogP contribution in [0.3, 0.4) is 0 Å². The van der Waals surface area contributed by atoms with Crippen LogP contribution in [0.5, 0.6) is 0 Å². The van der Waals surface area contributed by atoms with Crippen molar-refractivity contribution in [2.75, 3.05) is 6.61 Å². The Balaban J connectivity index is 1.92. The van der Waals surface area contributed by atoms with E-state index in [2.05, 4.69) is 33.2 Å². The van der Waals surface area contributed by atoms with E-state index in [0.29, 0.717) is 5.92 Å². The van der Waals surface area contributed by atoms with Crippen molar-refractivity contribution in [2.45, 2.75) is 19.3 Å². The number of aliphatic hydroxyl groups is 1. The van der Waals surface area contributed by atoms with E-state index in [4.69, 9.17) is 0 Å². The molecule has 0 spiro atoms. The summed E-state index contributed by atoms with van der Waals surface area (Å²) >= 11 is 3.48. The first kappa shape index (κ1) is 14.3. The smallest absolute Gasteiger partial charge is 0.0492 e. The van der Waals surface area contributed by atoms with Crippen molar-refractivity contribution in [3.8, 4) is 0 Å². The molecule has 1 heterocycles. The molecule has 1 atom stereocenters. The van der Waals surface area contributed by atoms with Gasteiger partial charge in [0.2, 0.25) is 0 Å². The van der Waals surface area contributed by atoms with E-state index in [1.54, 1.807) is 0 Å². The maximum atomic E-state index is 9.52. The third kappa shape index (κ3) is 4.18. The molecule has 2 aromatic rings. The van der Waals surface area contributed by atoms with Crippen LogP contribution in [0, 0.1) is 5.92 Å². The molecule has 0 saturated carbocycles. The molecule has 0 aliphatic carbocycles. The molecule has 0 saturated heterocycles. The van der Waals surface area contributed by atoms with Gasteiger partial charge in [-0.15, -0.1) is 0 Å². The molecular formula is C15H19BrN2O. The van der Waals surface area contributed by atoms with Gasteiger partial charge in [-0.25, -0.2) is 0 Å². The minimum atomic E-state index is 0.227. The Morgan fingerprint density at radius 3 is 2.84 bits per heavy atom. The molecule has 1 unspecified atom stereocenters. The molecule has 0 aliphatic heterocycles. The summed E-state index contributed by atoms with van der Waals surface area (Å²) in [7, 11) is 1.96. The van der Waals surface area contributed by atoms with Crippen LogP contribution in [-0.2, 0) is 19.9 Å². The number of halogens is 1. The monoisotopic (exact) mass is 322 g/mol. The first-order valence-electron chi connectivity index (χ1n) is 6.51. The lowest BCUT2D eigenvalue weighted by Crippen LogP contribution is -2.12. The van der Waals surface area contributed by atoms with E-state index >= 15 is 0 Å². The van der Waals surface area contributed by atoms with Crippen molar-refractivity contribution < 1.29 is 5.11 Å². The summed E-state index contributed by atoms with van der Waals surface area (Å²) in [5.74, 6) is 0.296. The fraction of sp³-hybridized carbons (Fsp3) is 0.400. The summed E-state index contributed by atoms with van der Waals surface area (Å²) < 4.78 is 2.99. The van der Waals surface area contributed by atoms with E-state index in [9.17, 15) is 5.11 Å². The third-order valence-corrected chi connectivity index (χ3v) is 3.90. The van der Waals surface area contributed by atoms with Gasteiger partial charge in [0.25, 0.3) is 0 Å². The van der Waals surface area contributed by atoms with Gasteiger partial charge in [-0.2, -0.15) is 5.10 Å². The second-order valence-electron chi connectivity index (χ2n) is 4.87. The summed E-state index contributed by atoms with van der Waals surface area (Å²) in [6, 6.07) is 10.3. The molecule has 2 rings (SSSR count). The lowest BCUT2D eigenvalue weighted by molar-refractivity contribution is 0.217.